The molecular weight excluding hydrogens is 512 g/mol. The van der Waals surface area contributed by atoms with Gasteiger partial charge in [-0.1, -0.05) is 43.3 Å². The van der Waals surface area contributed by atoms with E-state index in [9.17, 15) is 14.4 Å². The van der Waals surface area contributed by atoms with Crippen molar-refractivity contribution < 1.29 is 28.6 Å². The topological polar surface area (TPSA) is 135 Å². The fraction of sp³-hybridized carbons (Fsp3) is 0.407. The molecule has 2 aromatic rings. The van der Waals surface area contributed by atoms with Gasteiger partial charge in [-0.2, -0.15) is 0 Å². The normalized spacial score (nSPS) is 23.0. The van der Waals surface area contributed by atoms with Crippen molar-refractivity contribution in [3.05, 3.63) is 54.1 Å². The maximum Gasteiger partial charge on any atom is 0.327 e. The number of halogens is 1. The largest absolute Gasteiger partial charge is 0.491 e. The highest BCUT2D eigenvalue weighted by Crippen LogP contribution is 2.43. The molecule has 3 amide bonds. The number of imide groups is 1. The number of carbonyl (C=O) groups is 3. The lowest BCUT2D eigenvalue weighted by atomic mass is 9.78. The first-order valence-electron chi connectivity index (χ1n) is 12.1. The molecule has 38 heavy (non-hydrogen) atoms. The average Bonchev–Trinajstić information content (AvgIpc) is 3.12. The van der Waals surface area contributed by atoms with E-state index in [1.54, 1.807) is 24.0 Å². The van der Waals surface area contributed by atoms with Crippen molar-refractivity contribution in [2.75, 3.05) is 40.0 Å². The van der Waals surface area contributed by atoms with Crippen LogP contribution in [0.25, 0.3) is 11.1 Å². The highest BCUT2D eigenvalue weighted by Gasteiger charge is 2.62. The van der Waals surface area contributed by atoms with Crippen molar-refractivity contribution in [1.82, 2.24) is 9.80 Å². The Morgan fingerprint density at radius 1 is 1.08 bits per heavy atom. The lowest BCUT2D eigenvalue weighted by Crippen LogP contribution is -2.53. The highest BCUT2D eigenvalue weighted by molar-refractivity contribution is 6.10. The maximum absolute atomic E-state index is 13.5. The number of esters is 1. The van der Waals surface area contributed by atoms with E-state index in [2.05, 4.69) is 0 Å². The number of likely N-dealkylation sites (tertiary alicyclic amines) is 1. The van der Waals surface area contributed by atoms with Gasteiger partial charge >= 0.3 is 12.0 Å². The third-order valence-electron chi connectivity index (χ3n) is 7.38. The van der Waals surface area contributed by atoms with E-state index >= 15 is 0 Å². The number of urea groups is 1. The molecule has 0 radical (unpaired) electrons. The molecule has 0 spiro atoms. The number of amidine groups is 1. The van der Waals surface area contributed by atoms with Crippen molar-refractivity contribution >= 4 is 36.2 Å². The molecule has 3 atom stereocenters. The predicted molar refractivity (Wildman–Crippen MR) is 143 cm³/mol. The SMILES string of the molecule is COC(=O)[C@]1(C)C(=O)N(C(=O)N2CCOCC2)[C@H](COc2ccc(-c3ccc(C(=N)N)cc3)cc2)C1C.Cl. The van der Waals surface area contributed by atoms with Crippen LogP contribution in [0.2, 0.25) is 0 Å². The van der Waals surface area contributed by atoms with Gasteiger partial charge in [-0.15, -0.1) is 12.4 Å². The van der Waals surface area contributed by atoms with Gasteiger partial charge in [0.1, 0.15) is 23.6 Å². The molecule has 2 aliphatic rings. The Hall–Kier alpha value is -3.63. The Kier molecular flexibility index (Phi) is 9.01. The van der Waals surface area contributed by atoms with Crippen molar-refractivity contribution in [2.24, 2.45) is 17.1 Å². The monoisotopic (exact) mass is 544 g/mol. The quantitative estimate of drug-likeness (QED) is 0.247. The first kappa shape index (κ1) is 28.9. The van der Waals surface area contributed by atoms with Gasteiger partial charge in [0, 0.05) is 24.6 Å². The Bertz CT molecular complexity index is 1180. The fourth-order valence-corrected chi connectivity index (χ4v) is 4.81. The number of rotatable bonds is 6. The molecule has 10 nitrogen and oxygen atoms in total. The molecule has 0 saturated carbocycles. The standard InChI is InChI=1S/C27H32N4O6.ClH/c1-17-22(16-37-21-10-8-19(9-11-21)18-4-6-20(7-5-18)23(28)29)31(24(32)27(17,2)25(33)35-3)26(34)30-12-14-36-15-13-30;/h4-11,17,22H,12-16H2,1-3H3,(H3,28,29);1H/t17?,22-,27+;/m1./s1. The van der Waals surface area contributed by atoms with Gasteiger partial charge < -0.3 is 24.8 Å². The van der Waals surface area contributed by atoms with Gasteiger partial charge in [-0.3, -0.25) is 19.9 Å². The minimum atomic E-state index is -1.50. The van der Waals surface area contributed by atoms with Crippen LogP contribution in [0.1, 0.15) is 19.4 Å². The molecule has 2 fully saturated rings. The number of hydrogen-bond donors (Lipinski definition) is 2. The van der Waals surface area contributed by atoms with Gasteiger partial charge in [0.15, 0.2) is 0 Å². The number of benzene rings is 2. The van der Waals surface area contributed by atoms with E-state index in [4.69, 9.17) is 25.4 Å². The Morgan fingerprint density at radius 3 is 2.16 bits per heavy atom. The zero-order valence-electron chi connectivity index (χ0n) is 21.6. The summed E-state index contributed by atoms with van der Waals surface area (Å²) in [6, 6.07) is 13.7. The minimum Gasteiger partial charge on any atom is -0.491 e. The molecule has 0 aliphatic carbocycles. The van der Waals surface area contributed by atoms with E-state index < -0.39 is 35.3 Å². The summed E-state index contributed by atoms with van der Waals surface area (Å²) in [4.78, 5) is 42.3. The summed E-state index contributed by atoms with van der Waals surface area (Å²) in [5.74, 6) is -1.21. The van der Waals surface area contributed by atoms with Crippen LogP contribution in [0.15, 0.2) is 48.5 Å². The van der Waals surface area contributed by atoms with Gasteiger partial charge in [0.05, 0.1) is 26.4 Å². The lowest BCUT2D eigenvalue weighted by molar-refractivity contribution is -0.159. The van der Waals surface area contributed by atoms with Crippen molar-refractivity contribution in [1.29, 1.82) is 5.41 Å². The van der Waals surface area contributed by atoms with E-state index in [1.807, 2.05) is 36.4 Å². The molecule has 1 unspecified atom stereocenters. The summed E-state index contributed by atoms with van der Waals surface area (Å²) in [6.45, 7) is 4.84. The van der Waals surface area contributed by atoms with Gasteiger partial charge in [-0.05, 0) is 30.2 Å². The first-order valence-corrected chi connectivity index (χ1v) is 12.1. The molecule has 2 aromatic carbocycles. The molecule has 3 N–H and O–H groups in total. The number of nitrogens with one attached hydrogen (secondary N) is 1. The number of carbonyl (C=O) groups excluding carboxylic acids is 3. The van der Waals surface area contributed by atoms with Crippen LogP contribution in [-0.2, 0) is 19.1 Å². The number of nitrogens with two attached hydrogens (primary N) is 1. The number of ether oxygens (including phenoxy) is 3. The van der Waals surface area contributed by atoms with E-state index in [0.717, 1.165) is 16.0 Å². The average molecular weight is 545 g/mol. The van der Waals surface area contributed by atoms with Gasteiger partial charge in [0.25, 0.3) is 0 Å². The third kappa shape index (κ3) is 5.32. The number of nitrogen functional groups attached to an aromatic ring is 1. The smallest absolute Gasteiger partial charge is 0.327 e. The second-order valence-corrected chi connectivity index (χ2v) is 9.43. The van der Waals surface area contributed by atoms with E-state index in [0.29, 0.717) is 37.6 Å². The number of hydrogen-bond acceptors (Lipinski definition) is 7. The molecule has 11 heteroatoms. The number of amides is 3. The summed E-state index contributed by atoms with van der Waals surface area (Å²) >= 11 is 0. The van der Waals surface area contributed by atoms with Crippen LogP contribution >= 0.6 is 12.4 Å². The molecule has 204 valence electrons. The Morgan fingerprint density at radius 2 is 1.63 bits per heavy atom. The molecule has 0 bridgehead atoms. The third-order valence-corrected chi connectivity index (χ3v) is 7.38. The zero-order valence-corrected chi connectivity index (χ0v) is 22.5. The van der Waals surface area contributed by atoms with Crippen LogP contribution in [0.5, 0.6) is 5.75 Å². The van der Waals surface area contributed by atoms with Crippen molar-refractivity contribution in [2.45, 2.75) is 19.9 Å². The highest BCUT2D eigenvalue weighted by atomic mass is 35.5. The zero-order chi connectivity index (χ0) is 26.7. The van der Waals surface area contributed by atoms with Gasteiger partial charge in [-0.25, -0.2) is 4.79 Å². The van der Waals surface area contributed by atoms with E-state index in [-0.39, 0.29) is 24.8 Å². The van der Waals surface area contributed by atoms with Crippen LogP contribution < -0.4 is 10.5 Å². The summed E-state index contributed by atoms with van der Waals surface area (Å²) in [7, 11) is 1.24. The Labute approximate surface area is 227 Å². The molecule has 2 heterocycles. The molecule has 2 aliphatic heterocycles. The molecule has 4 rings (SSSR count). The molecule has 0 aromatic heterocycles. The fourth-order valence-electron chi connectivity index (χ4n) is 4.81. The van der Waals surface area contributed by atoms with Gasteiger partial charge in [0.2, 0.25) is 5.91 Å². The lowest BCUT2D eigenvalue weighted by Gasteiger charge is -2.33. The summed E-state index contributed by atoms with van der Waals surface area (Å²) in [5.41, 5.74) is 6.59. The predicted octanol–water partition coefficient (Wildman–Crippen LogP) is 2.92. The van der Waals surface area contributed by atoms with Crippen molar-refractivity contribution in [3.8, 4) is 16.9 Å². The second-order valence-electron chi connectivity index (χ2n) is 9.43. The Balaban J connectivity index is 0.00000400. The van der Waals surface area contributed by atoms with Crippen LogP contribution in [0.4, 0.5) is 4.79 Å². The van der Waals surface area contributed by atoms with E-state index in [1.165, 1.54) is 14.0 Å². The second kappa shape index (κ2) is 11.8. The van der Waals surface area contributed by atoms with Crippen molar-refractivity contribution in [3.63, 3.8) is 0 Å². The molecular formula is C27H33ClN4O6. The summed E-state index contributed by atoms with van der Waals surface area (Å²) in [5, 5.41) is 7.52. The summed E-state index contributed by atoms with van der Waals surface area (Å²) in [6.07, 6.45) is 0. The maximum atomic E-state index is 13.5. The number of nitrogens with zero attached hydrogens (tertiary/aromatic N) is 2. The number of methoxy groups -OCH3 is 1. The van der Waals surface area contributed by atoms with Crippen LogP contribution in [-0.4, -0.2) is 79.6 Å². The first-order chi connectivity index (χ1) is 17.7. The summed E-state index contributed by atoms with van der Waals surface area (Å²) < 4.78 is 16.3. The van der Waals surface area contributed by atoms with Crippen LogP contribution in [0, 0.1) is 16.7 Å². The van der Waals surface area contributed by atoms with Crippen LogP contribution in [0.3, 0.4) is 0 Å². The molecule has 2 saturated heterocycles. The number of morpholine rings is 1. The minimum absolute atomic E-state index is 0.